The van der Waals surface area contributed by atoms with Gasteiger partial charge in [-0.3, -0.25) is 0 Å². The normalized spacial score (nSPS) is 13.3. The van der Waals surface area contributed by atoms with Crippen LogP contribution in [0.1, 0.15) is 5.56 Å². The Labute approximate surface area is 130 Å². The number of aliphatic hydroxyl groups excluding tert-OH is 1. The first-order chi connectivity index (χ1) is 10.8. The zero-order valence-corrected chi connectivity index (χ0v) is 11.9. The van der Waals surface area contributed by atoms with Gasteiger partial charge in [-0.15, -0.1) is 0 Å². The summed E-state index contributed by atoms with van der Waals surface area (Å²) in [5, 5.41) is 35.9. The van der Waals surface area contributed by atoms with E-state index in [9.17, 15) is 19.5 Å². The molecule has 4 N–H and O–H groups in total. The first-order valence-electron chi connectivity index (χ1n) is 6.15. The molecule has 9 nitrogen and oxygen atoms in total. The summed E-state index contributed by atoms with van der Waals surface area (Å²) in [7, 11) is 1.33. The van der Waals surface area contributed by atoms with Crippen LogP contribution >= 0.6 is 0 Å². The van der Waals surface area contributed by atoms with Crippen molar-refractivity contribution in [2.75, 3.05) is 7.11 Å². The molecule has 0 radical (unpaired) electrons. The number of aromatic hydroxyl groups is 1. The van der Waals surface area contributed by atoms with E-state index in [4.69, 9.17) is 20.1 Å². The third kappa shape index (κ3) is 5.00. The van der Waals surface area contributed by atoms with Crippen LogP contribution < -0.4 is 4.74 Å². The van der Waals surface area contributed by atoms with Crippen LogP contribution in [0.25, 0.3) is 6.08 Å². The zero-order chi connectivity index (χ0) is 17.6. The Kier molecular flexibility index (Phi) is 6.10. The number of carboxylic acid groups (broad SMARTS) is 2. The van der Waals surface area contributed by atoms with Crippen molar-refractivity contribution in [1.29, 1.82) is 0 Å². The second-order valence-corrected chi connectivity index (χ2v) is 4.24. The standard InChI is InChI=1S/C14H14O9/c1-22-9-6-7(2-4-8(9)15)3-5-10(16)23-12(14(20)21)11(17)13(18)19/h2-6,11-12,15,17H,1H3,(H,18,19)(H,20,21)/b5-3-/t11-,12-/m0/s1. The van der Waals surface area contributed by atoms with Crippen molar-refractivity contribution in [3.8, 4) is 11.5 Å². The maximum absolute atomic E-state index is 11.5. The number of aliphatic carboxylic acids is 2. The lowest BCUT2D eigenvalue weighted by molar-refractivity contribution is -0.176. The molecule has 1 aromatic rings. The van der Waals surface area contributed by atoms with Gasteiger partial charge < -0.3 is 29.9 Å². The van der Waals surface area contributed by atoms with Crippen LogP contribution in [0.3, 0.4) is 0 Å². The molecule has 1 rings (SSSR count). The molecule has 0 spiro atoms. The van der Waals surface area contributed by atoms with Crippen molar-refractivity contribution in [2.45, 2.75) is 12.2 Å². The van der Waals surface area contributed by atoms with Gasteiger partial charge in [0.05, 0.1) is 7.11 Å². The van der Waals surface area contributed by atoms with E-state index in [-0.39, 0.29) is 11.5 Å². The number of aliphatic hydroxyl groups is 1. The molecule has 0 saturated heterocycles. The van der Waals surface area contributed by atoms with Crippen molar-refractivity contribution in [1.82, 2.24) is 0 Å². The zero-order valence-electron chi connectivity index (χ0n) is 11.9. The summed E-state index contributed by atoms with van der Waals surface area (Å²) < 4.78 is 9.27. The number of esters is 1. The topological polar surface area (TPSA) is 151 Å². The number of rotatable bonds is 7. The number of ether oxygens (including phenoxy) is 2. The Balaban J connectivity index is 2.82. The molecule has 0 saturated carbocycles. The van der Waals surface area contributed by atoms with Gasteiger partial charge in [0, 0.05) is 6.08 Å². The Morgan fingerprint density at radius 1 is 1.17 bits per heavy atom. The highest BCUT2D eigenvalue weighted by molar-refractivity contribution is 5.91. The number of hydrogen-bond donors (Lipinski definition) is 4. The number of methoxy groups -OCH3 is 1. The minimum Gasteiger partial charge on any atom is -0.504 e. The number of carbonyl (C=O) groups is 3. The first-order valence-corrected chi connectivity index (χ1v) is 6.15. The third-order valence-corrected chi connectivity index (χ3v) is 2.64. The molecule has 2 atom stereocenters. The molecule has 0 aliphatic heterocycles. The number of benzene rings is 1. The van der Waals surface area contributed by atoms with Crippen LogP contribution in [0.4, 0.5) is 0 Å². The molecular formula is C14H14O9. The van der Waals surface area contributed by atoms with Gasteiger partial charge in [0.15, 0.2) is 17.6 Å². The van der Waals surface area contributed by atoms with Gasteiger partial charge in [-0.2, -0.15) is 0 Å². The molecule has 23 heavy (non-hydrogen) atoms. The van der Waals surface area contributed by atoms with Gasteiger partial charge in [0.2, 0.25) is 6.10 Å². The molecule has 0 heterocycles. The van der Waals surface area contributed by atoms with Crippen molar-refractivity contribution in [3.05, 3.63) is 29.8 Å². The van der Waals surface area contributed by atoms with Gasteiger partial charge in [-0.05, 0) is 23.8 Å². The van der Waals surface area contributed by atoms with E-state index in [1.54, 1.807) is 0 Å². The molecule has 0 amide bonds. The fourth-order valence-corrected chi connectivity index (χ4v) is 1.51. The molecule has 0 aliphatic carbocycles. The van der Waals surface area contributed by atoms with Gasteiger partial charge in [-0.1, -0.05) is 6.07 Å². The Morgan fingerprint density at radius 2 is 1.83 bits per heavy atom. The summed E-state index contributed by atoms with van der Waals surface area (Å²) >= 11 is 0. The maximum Gasteiger partial charge on any atom is 0.348 e. The fourth-order valence-electron chi connectivity index (χ4n) is 1.51. The molecule has 0 aliphatic rings. The molecule has 0 unspecified atom stereocenters. The molecule has 0 fully saturated rings. The van der Waals surface area contributed by atoms with E-state index in [1.807, 2.05) is 0 Å². The average molecular weight is 326 g/mol. The largest absolute Gasteiger partial charge is 0.504 e. The van der Waals surface area contributed by atoms with E-state index in [0.717, 1.165) is 6.08 Å². The second-order valence-electron chi connectivity index (χ2n) is 4.24. The molecule has 124 valence electrons. The second kappa shape index (κ2) is 7.80. The summed E-state index contributed by atoms with van der Waals surface area (Å²) in [6, 6.07) is 4.17. The van der Waals surface area contributed by atoms with Crippen LogP contribution in [0, 0.1) is 0 Å². The van der Waals surface area contributed by atoms with Crippen LogP contribution in [-0.2, 0) is 19.1 Å². The summed E-state index contributed by atoms with van der Waals surface area (Å²) in [4.78, 5) is 32.9. The number of carbonyl (C=O) groups excluding carboxylic acids is 1. The number of phenols is 1. The lowest BCUT2D eigenvalue weighted by atomic mass is 10.2. The highest BCUT2D eigenvalue weighted by atomic mass is 16.6. The molecule has 9 heteroatoms. The van der Waals surface area contributed by atoms with Gasteiger partial charge in [0.25, 0.3) is 0 Å². The Bertz CT molecular complexity index is 635. The van der Waals surface area contributed by atoms with E-state index in [1.165, 1.54) is 31.4 Å². The van der Waals surface area contributed by atoms with E-state index in [2.05, 4.69) is 4.74 Å². The van der Waals surface area contributed by atoms with E-state index in [0.29, 0.717) is 5.56 Å². The van der Waals surface area contributed by atoms with E-state index >= 15 is 0 Å². The summed E-state index contributed by atoms with van der Waals surface area (Å²) in [5.41, 5.74) is 0.433. The van der Waals surface area contributed by atoms with Crippen LogP contribution in [0.2, 0.25) is 0 Å². The average Bonchev–Trinajstić information content (AvgIpc) is 2.50. The lowest BCUT2D eigenvalue weighted by Crippen LogP contribution is -2.42. The molecule has 1 aromatic carbocycles. The smallest absolute Gasteiger partial charge is 0.348 e. The van der Waals surface area contributed by atoms with Gasteiger partial charge >= 0.3 is 17.9 Å². The predicted molar refractivity (Wildman–Crippen MR) is 74.9 cm³/mol. The van der Waals surface area contributed by atoms with Crippen molar-refractivity contribution in [2.24, 2.45) is 0 Å². The highest BCUT2D eigenvalue weighted by Crippen LogP contribution is 2.26. The quantitative estimate of drug-likeness (QED) is 0.396. The number of hydrogen-bond acceptors (Lipinski definition) is 7. The monoisotopic (exact) mass is 326 g/mol. The van der Waals surface area contributed by atoms with Crippen LogP contribution in [-0.4, -0.2) is 57.7 Å². The van der Waals surface area contributed by atoms with Gasteiger partial charge in [0.1, 0.15) is 0 Å². The van der Waals surface area contributed by atoms with Crippen molar-refractivity contribution in [3.63, 3.8) is 0 Å². The third-order valence-electron chi connectivity index (χ3n) is 2.64. The van der Waals surface area contributed by atoms with Crippen molar-refractivity contribution < 1.29 is 44.3 Å². The minimum absolute atomic E-state index is 0.109. The lowest BCUT2D eigenvalue weighted by Gasteiger charge is -2.15. The molecule has 0 aromatic heterocycles. The maximum atomic E-state index is 11.5. The number of phenolic OH excluding ortho intramolecular Hbond substituents is 1. The summed E-state index contributed by atoms with van der Waals surface area (Å²) in [6.45, 7) is 0. The van der Waals surface area contributed by atoms with Crippen molar-refractivity contribution >= 4 is 24.0 Å². The first kappa shape index (κ1) is 18.0. The number of carboxylic acids is 2. The molecular weight excluding hydrogens is 312 g/mol. The predicted octanol–water partition coefficient (Wildman–Crippen LogP) is -0.144. The summed E-state index contributed by atoms with van der Waals surface area (Å²) in [6.07, 6.45) is -2.55. The SMILES string of the molecule is COc1cc(/C=C\C(=O)O[C@H](C(=O)O)[C@H](O)C(=O)O)ccc1O. The van der Waals surface area contributed by atoms with Crippen LogP contribution in [0.15, 0.2) is 24.3 Å². The minimum atomic E-state index is -2.39. The summed E-state index contributed by atoms with van der Waals surface area (Å²) in [5.74, 6) is -4.75. The van der Waals surface area contributed by atoms with Crippen LogP contribution in [0.5, 0.6) is 11.5 Å². The highest BCUT2D eigenvalue weighted by Gasteiger charge is 2.35. The van der Waals surface area contributed by atoms with E-state index < -0.39 is 30.1 Å². The molecule has 0 bridgehead atoms. The van der Waals surface area contributed by atoms with Gasteiger partial charge in [-0.25, -0.2) is 14.4 Å². The Morgan fingerprint density at radius 3 is 2.35 bits per heavy atom. The fraction of sp³-hybridized carbons (Fsp3) is 0.214. The Hall–Kier alpha value is -3.07.